The summed E-state index contributed by atoms with van der Waals surface area (Å²) in [6.45, 7) is 7.61. The fourth-order valence-corrected chi connectivity index (χ4v) is 7.27. The van der Waals surface area contributed by atoms with Gasteiger partial charge < -0.3 is 5.11 Å². The quantitative estimate of drug-likeness (QED) is 0.580. The van der Waals surface area contributed by atoms with Gasteiger partial charge in [0.1, 0.15) is 0 Å². The molecule has 4 aliphatic carbocycles. The van der Waals surface area contributed by atoms with Gasteiger partial charge in [0.25, 0.3) is 0 Å². The van der Waals surface area contributed by atoms with Gasteiger partial charge in [0, 0.05) is 23.7 Å². The summed E-state index contributed by atoms with van der Waals surface area (Å²) in [5.74, 6) is 2.07. The van der Waals surface area contributed by atoms with E-state index < -0.39 is 0 Å². The Morgan fingerprint density at radius 1 is 1.21 bits per heavy atom. The number of ketones is 1. The lowest BCUT2D eigenvalue weighted by Crippen LogP contribution is -2.50. The van der Waals surface area contributed by atoms with E-state index in [-0.39, 0.29) is 16.9 Å². The Labute approximate surface area is 174 Å². The first-order valence-corrected chi connectivity index (χ1v) is 11.5. The van der Waals surface area contributed by atoms with Crippen LogP contribution in [0.3, 0.4) is 0 Å². The lowest BCUT2D eigenvalue weighted by molar-refractivity contribution is -0.130. The molecule has 0 aromatic carbocycles. The average Bonchev–Trinajstić information content (AvgIpc) is 3.26. The van der Waals surface area contributed by atoms with Crippen LogP contribution in [-0.4, -0.2) is 26.8 Å². The molecule has 6 unspecified atom stereocenters. The molecule has 4 aliphatic rings. The zero-order valence-corrected chi connectivity index (χ0v) is 18.0. The normalized spacial score (nSPS) is 43.0. The highest BCUT2D eigenvalue weighted by atomic mass is 16.3. The maximum Gasteiger partial charge on any atom is 0.165 e. The van der Waals surface area contributed by atoms with Gasteiger partial charge in [-0.3, -0.25) is 9.48 Å². The third-order valence-electron chi connectivity index (χ3n) is 9.04. The molecule has 0 amide bonds. The molecule has 29 heavy (non-hydrogen) atoms. The number of fused-ring (bicyclic) bond motifs is 5. The van der Waals surface area contributed by atoms with Crippen molar-refractivity contribution < 1.29 is 9.90 Å². The first kappa shape index (κ1) is 19.3. The second-order valence-electron chi connectivity index (χ2n) is 10.4. The van der Waals surface area contributed by atoms with Gasteiger partial charge in [-0.25, -0.2) is 0 Å². The van der Waals surface area contributed by atoms with Gasteiger partial charge in [0.15, 0.2) is 5.78 Å². The lowest BCUT2D eigenvalue weighted by Gasteiger charge is -2.56. The first-order chi connectivity index (χ1) is 13.8. The third-order valence-corrected chi connectivity index (χ3v) is 9.04. The number of hydrogen-bond donors (Lipinski definition) is 1. The SMILES string of the molecule is CCn1cc(/C=C2\CC3C4CC=C5CC(O)CCC5(C)C4CCC3(C)C2=O)cn1. The first-order valence-electron chi connectivity index (χ1n) is 11.5. The van der Waals surface area contributed by atoms with Gasteiger partial charge in [0.2, 0.25) is 0 Å². The number of hydrogen-bond acceptors (Lipinski definition) is 3. The maximum absolute atomic E-state index is 13.5. The van der Waals surface area contributed by atoms with Crippen LogP contribution >= 0.6 is 0 Å². The second-order valence-corrected chi connectivity index (χ2v) is 10.4. The fraction of sp³-hybridized carbons (Fsp3) is 0.680. The molecule has 0 radical (unpaired) electrons. The predicted octanol–water partition coefficient (Wildman–Crippen LogP) is 4.79. The smallest absolute Gasteiger partial charge is 0.165 e. The van der Waals surface area contributed by atoms with Gasteiger partial charge in [-0.05, 0) is 86.7 Å². The van der Waals surface area contributed by atoms with E-state index in [0.717, 1.165) is 62.6 Å². The standard InChI is InChI=1S/C25H34N2O2/c1-4-27-15-16(14-26-27)11-17-12-22-20-6-5-18-13-19(28)7-9-24(18,2)21(20)8-10-25(22,3)23(17)29/h5,11,14-15,19-22,28H,4,6-10,12-13H2,1-3H3/b17-11+. The number of carbonyl (C=O) groups excluding carboxylic acids is 1. The number of rotatable bonds is 2. The van der Waals surface area contributed by atoms with Crippen molar-refractivity contribution in [1.82, 2.24) is 9.78 Å². The van der Waals surface area contributed by atoms with Crippen LogP contribution in [0.25, 0.3) is 6.08 Å². The fourth-order valence-electron chi connectivity index (χ4n) is 7.27. The molecular formula is C25H34N2O2. The highest BCUT2D eigenvalue weighted by molar-refractivity contribution is 6.05. The van der Waals surface area contributed by atoms with E-state index in [0.29, 0.717) is 23.5 Å². The Morgan fingerprint density at radius 3 is 2.76 bits per heavy atom. The van der Waals surface area contributed by atoms with Crippen LogP contribution in [0.5, 0.6) is 0 Å². The molecule has 1 aromatic rings. The molecule has 4 nitrogen and oxygen atoms in total. The van der Waals surface area contributed by atoms with E-state index in [9.17, 15) is 9.90 Å². The van der Waals surface area contributed by atoms with Gasteiger partial charge in [-0.15, -0.1) is 0 Å². The molecule has 156 valence electrons. The Hall–Kier alpha value is -1.68. The number of aliphatic hydroxyl groups excluding tert-OH is 1. The van der Waals surface area contributed by atoms with Crippen molar-refractivity contribution in [2.24, 2.45) is 28.6 Å². The summed E-state index contributed by atoms with van der Waals surface area (Å²) in [5.41, 5.74) is 3.57. The molecular weight excluding hydrogens is 360 g/mol. The van der Waals surface area contributed by atoms with E-state index >= 15 is 0 Å². The summed E-state index contributed by atoms with van der Waals surface area (Å²) in [7, 11) is 0. The zero-order valence-electron chi connectivity index (χ0n) is 18.0. The molecule has 6 atom stereocenters. The van der Waals surface area contributed by atoms with Gasteiger partial charge in [-0.1, -0.05) is 25.5 Å². The van der Waals surface area contributed by atoms with Crippen LogP contribution in [0, 0.1) is 28.6 Å². The number of Topliss-reactive ketones (excluding diaryl/α,β-unsaturated/α-hetero) is 1. The van der Waals surface area contributed by atoms with Crippen molar-refractivity contribution >= 4 is 11.9 Å². The molecule has 4 heteroatoms. The van der Waals surface area contributed by atoms with Crippen molar-refractivity contribution in [3.05, 3.63) is 35.2 Å². The van der Waals surface area contributed by atoms with Crippen LogP contribution in [0.4, 0.5) is 0 Å². The zero-order chi connectivity index (χ0) is 20.4. The highest BCUT2D eigenvalue weighted by Gasteiger charge is 2.59. The van der Waals surface area contributed by atoms with Crippen LogP contribution in [0.2, 0.25) is 0 Å². The number of aromatic nitrogens is 2. The number of nitrogens with zero attached hydrogens (tertiary/aromatic N) is 2. The van der Waals surface area contributed by atoms with Crippen LogP contribution in [-0.2, 0) is 11.3 Å². The molecule has 1 aromatic heterocycles. The Morgan fingerprint density at radius 2 is 2.00 bits per heavy atom. The number of aliphatic hydroxyl groups is 1. The summed E-state index contributed by atoms with van der Waals surface area (Å²) < 4.78 is 1.92. The largest absolute Gasteiger partial charge is 0.393 e. The summed E-state index contributed by atoms with van der Waals surface area (Å²) >= 11 is 0. The number of aryl methyl sites for hydroxylation is 1. The van der Waals surface area contributed by atoms with E-state index in [1.807, 2.05) is 17.1 Å². The summed E-state index contributed by atoms with van der Waals surface area (Å²) in [6, 6.07) is 0. The van der Waals surface area contributed by atoms with E-state index in [1.54, 1.807) is 0 Å². The number of carbonyl (C=O) groups is 1. The molecule has 3 fully saturated rings. The van der Waals surface area contributed by atoms with Crippen LogP contribution in [0.15, 0.2) is 29.6 Å². The van der Waals surface area contributed by atoms with Gasteiger partial charge in [0.05, 0.1) is 12.3 Å². The molecule has 3 saturated carbocycles. The topological polar surface area (TPSA) is 55.1 Å². The minimum Gasteiger partial charge on any atom is -0.393 e. The van der Waals surface area contributed by atoms with E-state index in [4.69, 9.17) is 0 Å². The van der Waals surface area contributed by atoms with Crippen molar-refractivity contribution in [2.45, 2.75) is 78.4 Å². The Bertz CT molecular complexity index is 896. The maximum atomic E-state index is 13.5. The highest BCUT2D eigenvalue weighted by Crippen LogP contribution is 2.64. The predicted molar refractivity (Wildman–Crippen MR) is 114 cm³/mol. The number of allylic oxidation sites excluding steroid dienone is 2. The minimum atomic E-state index is -0.205. The van der Waals surface area contributed by atoms with Gasteiger partial charge in [-0.2, -0.15) is 5.10 Å². The van der Waals surface area contributed by atoms with E-state index in [1.165, 1.54) is 5.57 Å². The summed E-state index contributed by atoms with van der Waals surface area (Å²) in [5, 5.41) is 14.5. The summed E-state index contributed by atoms with van der Waals surface area (Å²) in [6.07, 6.45) is 15.3. The monoisotopic (exact) mass is 394 g/mol. The van der Waals surface area contributed by atoms with E-state index in [2.05, 4.69) is 38.0 Å². The van der Waals surface area contributed by atoms with Gasteiger partial charge >= 0.3 is 0 Å². The molecule has 5 rings (SSSR count). The molecule has 1 heterocycles. The molecule has 0 spiro atoms. The van der Waals surface area contributed by atoms with Crippen molar-refractivity contribution in [2.75, 3.05) is 0 Å². The van der Waals surface area contributed by atoms with Crippen LogP contribution < -0.4 is 0 Å². The summed E-state index contributed by atoms with van der Waals surface area (Å²) in [4.78, 5) is 13.5. The average molecular weight is 395 g/mol. The Balaban J connectivity index is 1.46. The van der Waals surface area contributed by atoms with Crippen molar-refractivity contribution in [3.8, 4) is 0 Å². The lowest BCUT2D eigenvalue weighted by atomic mass is 9.48. The molecule has 1 N–H and O–H groups in total. The van der Waals surface area contributed by atoms with Crippen LogP contribution in [0.1, 0.15) is 71.3 Å². The van der Waals surface area contributed by atoms with Crippen molar-refractivity contribution in [3.63, 3.8) is 0 Å². The molecule has 0 saturated heterocycles. The Kier molecular flexibility index (Phi) is 4.43. The van der Waals surface area contributed by atoms with Crippen molar-refractivity contribution in [1.29, 1.82) is 0 Å². The molecule has 0 aliphatic heterocycles. The molecule has 0 bridgehead atoms. The third kappa shape index (κ3) is 2.82. The minimum absolute atomic E-state index is 0.161. The second kappa shape index (κ2) is 6.66.